The summed E-state index contributed by atoms with van der Waals surface area (Å²) in [5, 5.41) is 0. The highest BCUT2D eigenvalue weighted by molar-refractivity contribution is 5.88. The molecule has 22 heteroatoms. The van der Waals surface area contributed by atoms with Gasteiger partial charge in [-0.2, -0.15) is 79.0 Å². The van der Waals surface area contributed by atoms with Crippen molar-refractivity contribution in [2.24, 2.45) is 0 Å². The van der Waals surface area contributed by atoms with Crippen molar-refractivity contribution in [3.05, 3.63) is 107 Å². The van der Waals surface area contributed by atoms with Crippen LogP contribution in [-0.2, 0) is 5.41 Å². The van der Waals surface area contributed by atoms with Crippen LogP contribution in [0.5, 0.6) is 11.5 Å². The Morgan fingerprint density at radius 1 is 0.407 bits per heavy atom. The number of hydrogen-bond donors (Lipinski definition) is 2. The number of rotatable bonds is 14. The third-order valence-electron chi connectivity index (χ3n) is 9.55. The van der Waals surface area contributed by atoms with Gasteiger partial charge in [-0.1, -0.05) is 36.4 Å². The molecule has 0 saturated heterocycles. The predicted molar refractivity (Wildman–Crippen MR) is 175 cm³/mol. The molecule has 0 amide bonds. The van der Waals surface area contributed by atoms with Crippen LogP contribution >= 0.6 is 0 Å². The van der Waals surface area contributed by atoms with Crippen LogP contribution < -0.4 is 20.9 Å². The first-order valence-corrected chi connectivity index (χ1v) is 16.5. The molecule has 4 N–H and O–H groups in total. The number of ether oxygens (including phenoxy) is 2. The summed E-state index contributed by atoms with van der Waals surface area (Å²) in [6, 6.07) is 19.3. The van der Waals surface area contributed by atoms with E-state index in [-0.39, 0.29) is 22.9 Å². The van der Waals surface area contributed by atoms with Crippen molar-refractivity contribution in [1.29, 1.82) is 0 Å². The van der Waals surface area contributed by atoms with Crippen molar-refractivity contribution >= 4 is 11.4 Å². The Balaban J connectivity index is 1.47. The normalized spacial score (nSPS) is 15.2. The summed E-state index contributed by atoms with van der Waals surface area (Å²) in [6.07, 6.45) is -18.6. The number of anilines is 2. The van der Waals surface area contributed by atoms with Crippen LogP contribution in [0.15, 0.2) is 84.9 Å². The largest absolute Gasteiger partial charge is 0.493 e. The van der Waals surface area contributed by atoms with Crippen LogP contribution in [0.2, 0.25) is 0 Å². The lowest BCUT2D eigenvalue weighted by atomic mass is 9.67. The summed E-state index contributed by atoms with van der Waals surface area (Å²) < 4.78 is 250. The Morgan fingerprint density at radius 2 is 0.712 bits per heavy atom. The third kappa shape index (κ3) is 7.29. The van der Waals surface area contributed by atoms with E-state index in [4.69, 9.17) is 20.9 Å². The molecule has 0 aromatic heterocycles. The van der Waals surface area contributed by atoms with Gasteiger partial charge in [-0.3, -0.25) is 0 Å². The maximum absolute atomic E-state index is 14.1. The molecule has 0 fully saturated rings. The second-order valence-electron chi connectivity index (χ2n) is 13.3. The van der Waals surface area contributed by atoms with E-state index in [2.05, 4.69) is 0 Å². The second-order valence-corrected chi connectivity index (χ2v) is 13.3. The van der Waals surface area contributed by atoms with E-state index >= 15 is 0 Å². The van der Waals surface area contributed by atoms with Gasteiger partial charge in [0.25, 0.3) is 0 Å². The molecule has 4 aromatic rings. The summed E-state index contributed by atoms with van der Waals surface area (Å²) in [5.74, 6) is -40.3. The summed E-state index contributed by atoms with van der Waals surface area (Å²) in [4.78, 5) is 0. The molecule has 0 radical (unpaired) electrons. The molecule has 0 unspecified atom stereocenters. The molecule has 322 valence electrons. The lowest BCUT2D eigenvalue weighted by Gasteiger charge is -2.34. The standard InChI is InChI=1S/C37H26F18N2O2/c38-29(39,32(42,43)34(46,47)36(50,51)52)13-15-58-23-7-1-19(2-8-23)31(27-17-21(56)5-11-25(27)26-12-6-22(57)18-28(26)31)20-3-9-24(10-4-20)59-16-14-30(40,41)33(44,45)35(48,49)37(53,54)55/h1-12,17-18H,13-16,56-57H2. The zero-order valence-corrected chi connectivity index (χ0v) is 29.2. The molecule has 1 aliphatic carbocycles. The van der Waals surface area contributed by atoms with Crippen molar-refractivity contribution in [3.8, 4) is 22.6 Å². The van der Waals surface area contributed by atoms with Crippen LogP contribution in [0.25, 0.3) is 11.1 Å². The zero-order chi connectivity index (χ0) is 44.4. The van der Waals surface area contributed by atoms with Crippen LogP contribution in [0.4, 0.5) is 90.4 Å². The quantitative estimate of drug-likeness (QED) is 0.0861. The van der Waals surface area contributed by atoms with Gasteiger partial charge in [0.15, 0.2) is 0 Å². The average molecular weight is 873 g/mol. The number of hydrogen-bond acceptors (Lipinski definition) is 4. The number of fused-ring (bicyclic) bond motifs is 3. The van der Waals surface area contributed by atoms with Gasteiger partial charge in [0, 0.05) is 11.4 Å². The maximum atomic E-state index is 14.1. The zero-order valence-electron chi connectivity index (χ0n) is 29.2. The first-order chi connectivity index (χ1) is 26.9. The van der Waals surface area contributed by atoms with Gasteiger partial charge < -0.3 is 20.9 Å². The summed E-state index contributed by atoms with van der Waals surface area (Å²) >= 11 is 0. The van der Waals surface area contributed by atoms with Crippen molar-refractivity contribution in [3.63, 3.8) is 0 Å². The fourth-order valence-electron chi connectivity index (χ4n) is 6.47. The highest BCUT2D eigenvalue weighted by Crippen LogP contribution is 2.58. The smallest absolute Gasteiger partial charge is 0.460 e. The highest BCUT2D eigenvalue weighted by atomic mass is 19.4. The van der Waals surface area contributed by atoms with Crippen molar-refractivity contribution in [2.75, 3.05) is 24.7 Å². The Hall–Kier alpha value is -5.18. The molecular formula is C37H26F18N2O2. The average Bonchev–Trinajstić information content (AvgIpc) is 3.39. The summed E-state index contributed by atoms with van der Waals surface area (Å²) in [5.41, 5.74) is 13.9. The molecular weight excluding hydrogens is 846 g/mol. The van der Waals surface area contributed by atoms with Crippen LogP contribution in [-0.4, -0.2) is 61.1 Å². The van der Waals surface area contributed by atoms with Crippen molar-refractivity contribution < 1.29 is 88.5 Å². The Bertz CT molecular complexity index is 2000. The minimum atomic E-state index is -7.09. The topological polar surface area (TPSA) is 70.5 Å². The minimum Gasteiger partial charge on any atom is -0.493 e. The van der Waals surface area contributed by atoms with E-state index in [0.29, 0.717) is 33.4 Å². The predicted octanol–water partition coefficient (Wildman–Crippen LogP) is 11.7. The molecule has 0 heterocycles. The van der Waals surface area contributed by atoms with Gasteiger partial charge in [0.1, 0.15) is 11.5 Å². The number of nitrogen functional groups attached to an aromatic ring is 2. The SMILES string of the molecule is Nc1ccc2c(c1)C(c1ccc(OCCC(F)(F)C(F)(F)C(F)(F)C(F)(F)F)cc1)(c1ccc(OCCC(F)(F)C(F)(F)C(F)(F)C(F)(F)F)cc1)c1cc(N)ccc1-2. The molecule has 0 spiro atoms. The van der Waals surface area contributed by atoms with Crippen molar-refractivity contribution in [1.82, 2.24) is 0 Å². The molecule has 1 aliphatic rings. The van der Waals surface area contributed by atoms with E-state index in [1.54, 1.807) is 36.4 Å². The first-order valence-electron chi connectivity index (χ1n) is 16.5. The van der Waals surface area contributed by atoms with Gasteiger partial charge in [0.05, 0.1) is 31.5 Å². The van der Waals surface area contributed by atoms with Gasteiger partial charge >= 0.3 is 47.9 Å². The monoisotopic (exact) mass is 872 g/mol. The van der Waals surface area contributed by atoms with Gasteiger partial charge in [-0.15, -0.1) is 0 Å². The van der Waals surface area contributed by atoms with Crippen LogP contribution in [0, 0.1) is 0 Å². The van der Waals surface area contributed by atoms with Gasteiger partial charge in [-0.05, 0) is 81.9 Å². The number of halogens is 18. The van der Waals surface area contributed by atoms with Gasteiger partial charge in [0.2, 0.25) is 0 Å². The van der Waals surface area contributed by atoms with Crippen LogP contribution in [0.3, 0.4) is 0 Å². The highest BCUT2D eigenvalue weighted by Gasteiger charge is 2.82. The molecule has 59 heavy (non-hydrogen) atoms. The first kappa shape index (κ1) is 44.9. The van der Waals surface area contributed by atoms with E-state index in [1.165, 1.54) is 24.3 Å². The molecule has 0 bridgehead atoms. The molecule has 0 aliphatic heterocycles. The lowest BCUT2D eigenvalue weighted by molar-refractivity contribution is -0.397. The molecule has 4 nitrogen and oxygen atoms in total. The number of benzene rings is 4. The van der Waals surface area contributed by atoms with Crippen LogP contribution in [0.1, 0.15) is 35.1 Å². The molecule has 0 saturated carbocycles. The Morgan fingerprint density at radius 3 is 1.00 bits per heavy atom. The lowest BCUT2D eigenvalue weighted by Crippen LogP contribution is -2.61. The van der Waals surface area contributed by atoms with E-state index in [0.717, 1.165) is 24.3 Å². The van der Waals surface area contributed by atoms with E-state index in [9.17, 15) is 79.0 Å². The van der Waals surface area contributed by atoms with Gasteiger partial charge in [-0.25, -0.2) is 0 Å². The second kappa shape index (κ2) is 14.5. The summed E-state index contributed by atoms with van der Waals surface area (Å²) in [7, 11) is 0. The Labute approximate surface area is 320 Å². The van der Waals surface area contributed by atoms with E-state index < -0.39 is 79.4 Å². The number of nitrogens with two attached hydrogens (primary N) is 2. The molecule has 4 aromatic carbocycles. The Kier molecular flexibility index (Phi) is 11.1. The van der Waals surface area contributed by atoms with Crippen molar-refractivity contribution in [2.45, 2.75) is 66.1 Å². The minimum absolute atomic E-state index is 0.219. The summed E-state index contributed by atoms with van der Waals surface area (Å²) in [6.45, 7) is -2.93. The third-order valence-corrected chi connectivity index (χ3v) is 9.55. The fourth-order valence-corrected chi connectivity index (χ4v) is 6.47. The molecule has 5 rings (SSSR count). The maximum Gasteiger partial charge on any atom is 0.460 e. The fraction of sp³-hybridized carbons (Fsp3) is 0.351. The number of alkyl halides is 18. The van der Waals surface area contributed by atoms with E-state index in [1.807, 2.05) is 0 Å². The molecule has 0 atom stereocenters.